The molecule has 108 valence electrons. The van der Waals surface area contributed by atoms with Crippen molar-refractivity contribution in [2.45, 2.75) is 25.8 Å². The molecule has 1 aromatic carbocycles. The number of benzene rings is 1. The third-order valence-corrected chi connectivity index (χ3v) is 3.18. The van der Waals surface area contributed by atoms with Gasteiger partial charge in [0.05, 0.1) is 7.11 Å². The lowest BCUT2D eigenvalue weighted by molar-refractivity contribution is 0.387. The molecule has 0 aliphatic carbocycles. The fraction of sp³-hybridized carbons (Fsp3) is 0.600. The molecule has 0 aliphatic heterocycles. The smallest absolute Gasteiger partial charge is 0.120 e. The van der Waals surface area contributed by atoms with Crippen LogP contribution in [0.15, 0.2) is 18.2 Å². The van der Waals surface area contributed by atoms with E-state index in [2.05, 4.69) is 31.2 Å². The van der Waals surface area contributed by atoms with Crippen molar-refractivity contribution in [3.63, 3.8) is 0 Å². The van der Waals surface area contributed by atoms with Gasteiger partial charge in [0.15, 0.2) is 0 Å². The lowest BCUT2D eigenvalue weighted by Crippen LogP contribution is -2.21. The minimum absolute atomic E-state index is 0.120. The highest BCUT2D eigenvalue weighted by atomic mass is 16.5. The number of aromatic hydroxyl groups is 1. The first-order valence-corrected chi connectivity index (χ1v) is 6.79. The summed E-state index contributed by atoms with van der Waals surface area (Å²) in [5.74, 6) is 1.09. The molecule has 0 saturated carbocycles. The first-order chi connectivity index (χ1) is 9.04. The highest BCUT2D eigenvalue weighted by molar-refractivity contribution is 5.41. The molecule has 0 spiro atoms. The van der Waals surface area contributed by atoms with Gasteiger partial charge in [0.1, 0.15) is 11.5 Å². The van der Waals surface area contributed by atoms with Crippen LogP contribution in [0.3, 0.4) is 0 Å². The molecule has 0 fully saturated rings. The molecule has 2 N–H and O–H groups in total. The third-order valence-electron chi connectivity index (χ3n) is 3.18. The van der Waals surface area contributed by atoms with Crippen molar-refractivity contribution in [3.05, 3.63) is 23.8 Å². The highest BCUT2D eigenvalue weighted by Crippen LogP contribution is 2.28. The molecule has 1 rings (SSSR count). The number of ether oxygens (including phenoxy) is 1. The minimum Gasteiger partial charge on any atom is -0.508 e. The molecule has 0 amide bonds. The number of nitrogens with one attached hydrogen (secondary N) is 1. The summed E-state index contributed by atoms with van der Waals surface area (Å²) in [4.78, 5) is 2.19. The van der Waals surface area contributed by atoms with Gasteiger partial charge in [0, 0.05) is 11.6 Å². The van der Waals surface area contributed by atoms with Crippen molar-refractivity contribution >= 4 is 0 Å². The number of methoxy groups -OCH3 is 1. The Labute approximate surface area is 116 Å². The van der Waals surface area contributed by atoms with Crippen LogP contribution in [0.2, 0.25) is 0 Å². The molecular formula is C15H26N2O2. The van der Waals surface area contributed by atoms with Crippen LogP contribution < -0.4 is 10.1 Å². The number of hydrogen-bond donors (Lipinski definition) is 2. The van der Waals surface area contributed by atoms with Crippen molar-refractivity contribution in [1.29, 1.82) is 0 Å². The fourth-order valence-corrected chi connectivity index (χ4v) is 1.99. The molecular weight excluding hydrogens is 240 g/mol. The molecule has 19 heavy (non-hydrogen) atoms. The second-order valence-electron chi connectivity index (χ2n) is 5.11. The average molecular weight is 266 g/mol. The van der Waals surface area contributed by atoms with Crippen molar-refractivity contribution in [2.75, 3.05) is 34.3 Å². The van der Waals surface area contributed by atoms with Crippen LogP contribution in [-0.4, -0.2) is 44.3 Å². The number of nitrogens with zero attached hydrogens (tertiary/aromatic N) is 1. The van der Waals surface area contributed by atoms with Crippen LogP contribution >= 0.6 is 0 Å². The van der Waals surface area contributed by atoms with Crippen molar-refractivity contribution in [1.82, 2.24) is 10.2 Å². The van der Waals surface area contributed by atoms with Gasteiger partial charge >= 0.3 is 0 Å². The zero-order chi connectivity index (χ0) is 14.3. The van der Waals surface area contributed by atoms with E-state index in [-0.39, 0.29) is 6.04 Å². The Hall–Kier alpha value is -1.26. The SMILES string of the molecule is COc1ccc(O)c(C(C)NCCCCN(C)C)c1. The van der Waals surface area contributed by atoms with Crippen molar-refractivity contribution in [2.24, 2.45) is 0 Å². The van der Waals surface area contributed by atoms with Crippen molar-refractivity contribution in [3.8, 4) is 11.5 Å². The van der Waals surface area contributed by atoms with Gasteiger partial charge in [-0.15, -0.1) is 0 Å². The molecule has 0 aromatic heterocycles. The van der Waals surface area contributed by atoms with E-state index in [1.54, 1.807) is 19.2 Å². The highest BCUT2D eigenvalue weighted by Gasteiger charge is 2.10. The molecule has 0 bridgehead atoms. The van der Waals surface area contributed by atoms with Gasteiger partial charge in [-0.2, -0.15) is 0 Å². The van der Waals surface area contributed by atoms with E-state index < -0.39 is 0 Å². The Balaban J connectivity index is 2.42. The van der Waals surface area contributed by atoms with E-state index in [0.29, 0.717) is 5.75 Å². The molecule has 1 atom stereocenters. The number of rotatable bonds is 8. The van der Waals surface area contributed by atoms with E-state index in [1.165, 1.54) is 6.42 Å². The lowest BCUT2D eigenvalue weighted by atomic mass is 10.1. The first-order valence-electron chi connectivity index (χ1n) is 6.79. The molecule has 0 aliphatic rings. The number of phenols is 1. The molecule has 0 heterocycles. The average Bonchev–Trinajstić information content (AvgIpc) is 2.38. The van der Waals surface area contributed by atoms with Crippen LogP contribution in [-0.2, 0) is 0 Å². The van der Waals surface area contributed by atoms with E-state index in [4.69, 9.17) is 4.74 Å². The molecule has 1 unspecified atom stereocenters. The van der Waals surface area contributed by atoms with Gasteiger partial charge in [-0.05, 0) is 65.1 Å². The van der Waals surface area contributed by atoms with Gasteiger partial charge in [0.2, 0.25) is 0 Å². The normalized spacial score (nSPS) is 12.7. The molecule has 4 heteroatoms. The minimum atomic E-state index is 0.120. The van der Waals surface area contributed by atoms with Crippen LogP contribution in [0.25, 0.3) is 0 Å². The zero-order valence-electron chi connectivity index (χ0n) is 12.4. The Morgan fingerprint density at radius 2 is 2.05 bits per heavy atom. The Bertz CT molecular complexity index is 380. The third kappa shape index (κ3) is 5.49. The maximum absolute atomic E-state index is 9.87. The van der Waals surface area contributed by atoms with Gasteiger partial charge < -0.3 is 20.1 Å². The fourth-order valence-electron chi connectivity index (χ4n) is 1.99. The first kappa shape index (κ1) is 15.8. The summed E-state index contributed by atoms with van der Waals surface area (Å²) in [5, 5.41) is 13.3. The molecule has 1 aromatic rings. The van der Waals surface area contributed by atoms with Crippen LogP contribution in [0.1, 0.15) is 31.4 Å². The van der Waals surface area contributed by atoms with Crippen LogP contribution in [0, 0.1) is 0 Å². The summed E-state index contributed by atoms with van der Waals surface area (Å²) in [7, 11) is 5.81. The monoisotopic (exact) mass is 266 g/mol. The van der Waals surface area contributed by atoms with Crippen molar-refractivity contribution < 1.29 is 9.84 Å². The lowest BCUT2D eigenvalue weighted by Gasteiger charge is -2.17. The number of unbranched alkanes of at least 4 members (excludes halogenated alkanes) is 1. The largest absolute Gasteiger partial charge is 0.508 e. The summed E-state index contributed by atoms with van der Waals surface area (Å²) >= 11 is 0. The van der Waals surface area contributed by atoms with E-state index in [1.807, 2.05) is 6.07 Å². The van der Waals surface area contributed by atoms with Gasteiger partial charge in [-0.1, -0.05) is 0 Å². The zero-order valence-corrected chi connectivity index (χ0v) is 12.4. The predicted molar refractivity (Wildman–Crippen MR) is 78.9 cm³/mol. The van der Waals surface area contributed by atoms with Gasteiger partial charge in [0.25, 0.3) is 0 Å². The molecule has 0 saturated heterocycles. The predicted octanol–water partition coefficient (Wildman–Crippen LogP) is 2.39. The summed E-state index contributed by atoms with van der Waals surface area (Å²) in [6, 6.07) is 5.45. The standard InChI is InChI=1S/C15H26N2O2/c1-12(16-9-5-6-10-17(2)3)14-11-13(19-4)7-8-15(14)18/h7-8,11-12,16,18H,5-6,9-10H2,1-4H3. The summed E-state index contributed by atoms with van der Waals surface area (Å²) < 4.78 is 5.18. The van der Waals surface area contributed by atoms with Gasteiger partial charge in [-0.3, -0.25) is 0 Å². The second-order valence-corrected chi connectivity index (χ2v) is 5.11. The summed E-state index contributed by atoms with van der Waals surface area (Å²) in [6.07, 6.45) is 2.31. The van der Waals surface area contributed by atoms with E-state index >= 15 is 0 Å². The van der Waals surface area contributed by atoms with Crippen LogP contribution in [0.5, 0.6) is 11.5 Å². The quantitative estimate of drug-likeness (QED) is 0.709. The number of hydrogen-bond acceptors (Lipinski definition) is 4. The molecule has 0 radical (unpaired) electrons. The Kier molecular flexibility index (Phi) is 6.67. The maximum atomic E-state index is 9.87. The topological polar surface area (TPSA) is 44.7 Å². The second kappa shape index (κ2) is 8.02. The van der Waals surface area contributed by atoms with Crippen LogP contribution in [0.4, 0.5) is 0 Å². The maximum Gasteiger partial charge on any atom is 0.120 e. The molecule has 4 nitrogen and oxygen atoms in total. The Morgan fingerprint density at radius 3 is 2.68 bits per heavy atom. The van der Waals surface area contributed by atoms with E-state index in [0.717, 1.165) is 30.8 Å². The summed E-state index contributed by atoms with van der Waals surface area (Å²) in [5.41, 5.74) is 0.881. The number of phenolic OH excluding ortho intramolecular Hbond substituents is 1. The van der Waals surface area contributed by atoms with E-state index in [9.17, 15) is 5.11 Å². The Morgan fingerprint density at radius 1 is 1.32 bits per heavy atom. The summed E-state index contributed by atoms with van der Waals surface area (Å²) in [6.45, 7) is 4.12. The van der Waals surface area contributed by atoms with Gasteiger partial charge in [-0.25, -0.2) is 0 Å².